The van der Waals surface area contributed by atoms with Crippen LogP contribution >= 0.6 is 0 Å². The molecular formula is C16H25N3O2. The number of methoxy groups -OCH3 is 1. The molecule has 1 fully saturated rings. The van der Waals surface area contributed by atoms with E-state index in [1.165, 1.54) is 0 Å². The highest BCUT2D eigenvalue weighted by atomic mass is 16.5. The van der Waals surface area contributed by atoms with Crippen LogP contribution in [0.3, 0.4) is 0 Å². The van der Waals surface area contributed by atoms with E-state index in [4.69, 9.17) is 4.74 Å². The topological polar surface area (TPSA) is 44.8 Å². The van der Waals surface area contributed by atoms with Gasteiger partial charge in [-0.3, -0.25) is 9.69 Å². The van der Waals surface area contributed by atoms with Gasteiger partial charge in [0.25, 0.3) is 0 Å². The Kier molecular flexibility index (Phi) is 6.02. The molecule has 1 aromatic carbocycles. The van der Waals surface area contributed by atoms with Crippen LogP contribution in [0.2, 0.25) is 0 Å². The van der Waals surface area contributed by atoms with E-state index in [-0.39, 0.29) is 5.91 Å². The minimum Gasteiger partial charge on any atom is -0.497 e. The molecule has 1 heterocycles. The molecule has 1 aromatic rings. The monoisotopic (exact) mass is 291 g/mol. The summed E-state index contributed by atoms with van der Waals surface area (Å²) < 4.78 is 5.12. The number of nitrogens with zero attached hydrogens (tertiary/aromatic N) is 2. The zero-order chi connectivity index (χ0) is 15.1. The second-order valence-electron chi connectivity index (χ2n) is 5.34. The molecule has 5 heteroatoms. The molecule has 1 N–H and O–H groups in total. The first-order valence-electron chi connectivity index (χ1n) is 7.55. The predicted molar refractivity (Wildman–Crippen MR) is 83.4 cm³/mol. The van der Waals surface area contributed by atoms with Crippen molar-refractivity contribution in [1.82, 2.24) is 15.1 Å². The van der Waals surface area contributed by atoms with E-state index in [1.54, 1.807) is 7.11 Å². The van der Waals surface area contributed by atoms with Crippen molar-refractivity contribution in [1.29, 1.82) is 0 Å². The maximum Gasteiger partial charge on any atom is 0.234 e. The summed E-state index contributed by atoms with van der Waals surface area (Å²) in [4.78, 5) is 16.6. The van der Waals surface area contributed by atoms with Gasteiger partial charge in [-0.25, -0.2) is 0 Å². The number of carbonyl (C=O) groups excluding carboxylic acids is 1. The van der Waals surface area contributed by atoms with E-state index in [9.17, 15) is 4.79 Å². The average Bonchev–Trinajstić information content (AvgIpc) is 2.54. The van der Waals surface area contributed by atoms with Gasteiger partial charge in [-0.2, -0.15) is 0 Å². The minimum atomic E-state index is 0.0933. The quantitative estimate of drug-likeness (QED) is 0.847. The molecular weight excluding hydrogens is 266 g/mol. The maximum absolute atomic E-state index is 12.0. The molecule has 0 aliphatic carbocycles. The van der Waals surface area contributed by atoms with Crippen LogP contribution in [0.5, 0.6) is 5.75 Å². The van der Waals surface area contributed by atoms with E-state index in [0.717, 1.165) is 44.0 Å². The molecule has 1 amide bonds. The number of piperazine rings is 1. The molecule has 0 saturated carbocycles. The number of amides is 1. The Balaban J connectivity index is 1.69. The van der Waals surface area contributed by atoms with Crippen LogP contribution in [0.1, 0.15) is 12.5 Å². The van der Waals surface area contributed by atoms with Crippen LogP contribution in [0.25, 0.3) is 0 Å². The van der Waals surface area contributed by atoms with Crippen LogP contribution in [-0.4, -0.2) is 62.1 Å². The average molecular weight is 291 g/mol. The summed E-state index contributed by atoms with van der Waals surface area (Å²) in [5.74, 6) is 0.926. The number of ether oxygens (including phenoxy) is 1. The van der Waals surface area contributed by atoms with E-state index in [0.29, 0.717) is 13.1 Å². The molecule has 2 rings (SSSR count). The van der Waals surface area contributed by atoms with Crippen molar-refractivity contribution in [3.63, 3.8) is 0 Å². The summed E-state index contributed by atoms with van der Waals surface area (Å²) in [5, 5.41) is 2.97. The van der Waals surface area contributed by atoms with Crippen LogP contribution in [0.4, 0.5) is 0 Å². The van der Waals surface area contributed by atoms with Crippen LogP contribution < -0.4 is 10.1 Å². The smallest absolute Gasteiger partial charge is 0.234 e. The summed E-state index contributed by atoms with van der Waals surface area (Å²) in [6, 6.07) is 7.76. The Morgan fingerprint density at radius 2 is 1.76 bits per heavy atom. The molecule has 0 radical (unpaired) electrons. The van der Waals surface area contributed by atoms with Gasteiger partial charge in [-0.15, -0.1) is 0 Å². The Bertz CT molecular complexity index is 439. The summed E-state index contributed by atoms with van der Waals surface area (Å²) in [5.41, 5.74) is 1.08. The molecule has 0 aromatic heterocycles. The van der Waals surface area contributed by atoms with Crippen molar-refractivity contribution in [2.24, 2.45) is 0 Å². The minimum absolute atomic E-state index is 0.0933. The van der Waals surface area contributed by atoms with Crippen molar-refractivity contribution >= 4 is 5.91 Å². The third-order valence-corrected chi connectivity index (χ3v) is 3.93. The Hall–Kier alpha value is -1.59. The lowest BCUT2D eigenvalue weighted by Crippen LogP contribution is -2.49. The first-order valence-corrected chi connectivity index (χ1v) is 7.55. The highest BCUT2D eigenvalue weighted by Gasteiger charge is 2.17. The van der Waals surface area contributed by atoms with Crippen LogP contribution in [0, 0.1) is 0 Å². The van der Waals surface area contributed by atoms with Gasteiger partial charge in [0.15, 0.2) is 0 Å². The van der Waals surface area contributed by atoms with E-state index in [1.807, 2.05) is 24.3 Å². The molecule has 1 saturated heterocycles. The zero-order valence-electron chi connectivity index (χ0n) is 13.0. The molecule has 5 nitrogen and oxygen atoms in total. The van der Waals surface area contributed by atoms with Crippen molar-refractivity contribution in [2.75, 3.05) is 46.4 Å². The highest BCUT2D eigenvalue weighted by molar-refractivity contribution is 5.78. The maximum atomic E-state index is 12.0. The molecule has 0 unspecified atom stereocenters. The molecule has 116 valence electrons. The molecule has 0 spiro atoms. The van der Waals surface area contributed by atoms with Gasteiger partial charge in [0.2, 0.25) is 5.91 Å². The van der Waals surface area contributed by atoms with Crippen LogP contribution in [-0.2, 0) is 11.3 Å². The van der Waals surface area contributed by atoms with E-state index < -0.39 is 0 Å². The summed E-state index contributed by atoms with van der Waals surface area (Å²) in [7, 11) is 1.65. The van der Waals surface area contributed by atoms with Gasteiger partial charge in [0.1, 0.15) is 5.75 Å². The first-order chi connectivity index (χ1) is 10.2. The van der Waals surface area contributed by atoms with Gasteiger partial charge in [-0.05, 0) is 24.2 Å². The first kappa shape index (κ1) is 15.8. The van der Waals surface area contributed by atoms with Gasteiger partial charge < -0.3 is 15.0 Å². The number of nitrogens with one attached hydrogen (secondary N) is 1. The van der Waals surface area contributed by atoms with Gasteiger partial charge in [0.05, 0.1) is 13.7 Å². The molecule has 21 heavy (non-hydrogen) atoms. The van der Waals surface area contributed by atoms with Gasteiger partial charge in [-0.1, -0.05) is 19.1 Å². The molecule has 1 aliphatic rings. The third-order valence-electron chi connectivity index (χ3n) is 3.93. The van der Waals surface area contributed by atoms with Gasteiger partial charge in [0, 0.05) is 32.7 Å². The summed E-state index contributed by atoms with van der Waals surface area (Å²) in [6.45, 7) is 8.40. The Labute approximate surface area is 126 Å². The van der Waals surface area contributed by atoms with Crippen LogP contribution in [0.15, 0.2) is 24.3 Å². The third kappa shape index (κ3) is 5.02. The predicted octanol–water partition coefficient (Wildman–Crippen LogP) is 0.949. The molecule has 1 aliphatic heterocycles. The number of benzene rings is 1. The highest BCUT2D eigenvalue weighted by Crippen LogP contribution is 2.10. The number of hydrogen-bond acceptors (Lipinski definition) is 4. The lowest BCUT2D eigenvalue weighted by Gasteiger charge is -2.33. The Morgan fingerprint density at radius 3 is 2.33 bits per heavy atom. The molecule has 0 atom stereocenters. The van der Waals surface area contributed by atoms with E-state index >= 15 is 0 Å². The second kappa shape index (κ2) is 8.00. The number of likely N-dealkylation sites (N-methyl/N-ethyl adjacent to an activating group) is 1. The zero-order valence-corrected chi connectivity index (χ0v) is 13.0. The fourth-order valence-electron chi connectivity index (χ4n) is 2.47. The van der Waals surface area contributed by atoms with Crippen molar-refractivity contribution in [3.8, 4) is 5.75 Å². The van der Waals surface area contributed by atoms with Gasteiger partial charge >= 0.3 is 0 Å². The fourth-order valence-corrected chi connectivity index (χ4v) is 2.47. The fraction of sp³-hybridized carbons (Fsp3) is 0.562. The van der Waals surface area contributed by atoms with E-state index in [2.05, 4.69) is 22.0 Å². The number of hydrogen-bond donors (Lipinski definition) is 1. The normalized spacial score (nSPS) is 16.7. The van der Waals surface area contributed by atoms with Crippen molar-refractivity contribution in [3.05, 3.63) is 29.8 Å². The largest absolute Gasteiger partial charge is 0.497 e. The second-order valence-corrected chi connectivity index (χ2v) is 5.34. The lowest BCUT2D eigenvalue weighted by molar-refractivity contribution is -0.122. The van der Waals surface area contributed by atoms with Crippen molar-refractivity contribution in [2.45, 2.75) is 13.5 Å². The summed E-state index contributed by atoms with van der Waals surface area (Å²) in [6.07, 6.45) is 0. The SMILES string of the molecule is CCN1CCN(CC(=O)NCc2ccc(OC)cc2)CC1. The standard InChI is InChI=1S/C16H25N3O2/c1-3-18-8-10-19(11-9-18)13-16(20)17-12-14-4-6-15(21-2)7-5-14/h4-7H,3,8-13H2,1-2H3,(H,17,20). The number of rotatable bonds is 6. The number of carbonyl (C=O) groups is 1. The summed E-state index contributed by atoms with van der Waals surface area (Å²) >= 11 is 0. The van der Waals surface area contributed by atoms with Crippen molar-refractivity contribution < 1.29 is 9.53 Å². The molecule has 0 bridgehead atoms. The Morgan fingerprint density at radius 1 is 1.14 bits per heavy atom. The lowest BCUT2D eigenvalue weighted by atomic mass is 10.2.